The zero-order valence-corrected chi connectivity index (χ0v) is 24.8. The number of aryl methyl sites for hydroxylation is 1. The van der Waals surface area contributed by atoms with Gasteiger partial charge in [0.25, 0.3) is 0 Å². The van der Waals surface area contributed by atoms with Crippen LogP contribution in [-0.2, 0) is 11.0 Å². The van der Waals surface area contributed by atoms with Gasteiger partial charge in [0.05, 0.1) is 22.0 Å². The first-order chi connectivity index (χ1) is 20.7. The maximum atomic E-state index is 15.7. The van der Waals surface area contributed by atoms with E-state index in [9.17, 15) is 0 Å². The lowest BCUT2D eigenvalue weighted by atomic mass is 10.0. The van der Waals surface area contributed by atoms with Gasteiger partial charge in [0.1, 0.15) is 5.82 Å². The van der Waals surface area contributed by atoms with Crippen LogP contribution in [-0.4, -0.2) is 9.55 Å². The minimum Gasteiger partial charge on any atom is -0.308 e. The molecule has 0 radical (unpaired) electrons. The van der Waals surface area contributed by atoms with Crippen LogP contribution in [0.5, 0.6) is 0 Å². The quantitative estimate of drug-likeness (QED) is 0.192. The van der Waals surface area contributed by atoms with Gasteiger partial charge in [-0.3, -0.25) is 4.57 Å². The Hall–Kier alpha value is -4.50. The lowest BCUT2D eigenvalue weighted by Gasteiger charge is -2.31. The highest BCUT2D eigenvalue weighted by Gasteiger charge is 2.41. The second kappa shape index (κ2) is 9.80. The summed E-state index contributed by atoms with van der Waals surface area (Å²) in [6, 6.07) is 46.0. The van der Waals surface area contributed by atoms with E-state index in [-0.39, 0.29) is 0 Å². The van der Waals surface area contributed by atoms with Crippen molar-refractivity contribution in [1.29, 1.82) is 0 Å². The zero-order valence-electron chi connectivity index (χ0n) is 23.1. The van der Waals surface area contributed by atoms with Gasteiger partial charge in [-0.05, 0) is 52.6 Å². The molecule has 0 amide bonds. The Labute approximate surface area is 249 Å². The fraction of sp³-hybridized carbons (Fsp3) is 0.0541. The molecular formula is C37H27N2OPS. The number of aromatic nitrogens is 2. The highest BCUT2D eigenvalue weighted by atomic mass is 32.1. The molecule has 7 aromatic rings. The molecule has 42 heavy (non-hydrogen) atoms. The Balaban J connectivity index is 1.33. The van der Waals surface area contributed by atoms with Crippen LogP contribution in [0.3, 0.4) is 0 Å². The summed E-state index contributed by atoms with van der Waals surface area (Å²) in [5.41, 5.74) is 7.28. The minimum atomic E-state index is -3.22. The van der Waals surface area contributed by atoms with E-state index in [1.807, 2.05) is 54.6 Å². The predicted molar refractivity (Wildman–Crippen MR) is 178 cm³/mol. The van der Waals surface area contributed by atoms with E-state index < -0.39 is 7.14 Å². The standard InChI is InChI=1S/C37H27N2OPS/c1-2-35-38-30-22-21-29(25-17-19-27(20-18-25)34-24-23-33(42-34)26-11-5-3-6-12-26)37-36(30)39(35)31-15-9-10-16-32(31)41(37,40)28-13-7-4-8-14-28/h3-24H,2H2,1H3. The Morgan fingerprint density at radius 2 is 1.29 bits per heavy atom. The van der Waals surface area contributed by atoms with Crippen molar-refractivity contribution < 1.29 is 4.57 Å². The number of hydrogen-bond donors (Lipinski definition) is 0. The molecule has 1 unspecified atom stereocenters. The maximum absolute atomic E-state index is 15.7. The van der Waals surface area contributed by atoms with Crippen LogP contribution in [0.1, 0.15) is 12.7 Å². The molecule has 0 bridgehead atoms. The predicted octanol–water partition coefficient (Wildman–Crippen LogP) is 8.60. The highest BCUT2D eigenvalue weighted by molar-refractivity contribution is 7.86. The van der Waals surface area contributed by atoms with E-state index in [1.165, 1.54) is 20.9 Å². The summed E-state index contributed by atoms with van der Waals surface area (Å²) in [7, 11) is -3.22. The van der Waals surface area contributed by atoms with E-state index in [0.717, 1.165) is 56.0 Å². The third-order valence-corrected chi connectivity index (χ3v) is 12.6. The molecule has 0 saturated heterocycles. The van der Waals surface area contributed by atoms with Gasteiger partial charge >= 0.3 is 0 Å². The van der Waals surface area contributed by atoms with Crippen molar-refractivity contribution >= 4 is 45.4 Å². The highest BCUT2D eigenvalue weighted by Crippen LogP contribution is 2.52. The van der Waals surface area contributed by atoms with Gasteiger partial charge in [-0.2, -0.15) is 0 Å². The summed E-state index contributed by atoms with van der Waals surface area (Å²) in [6.07, 6.45) is 0.786. The molecule has 0 aliphatic carbocycles. The first kappa shape index (κ1) is 25.2. The second-order valence-electron chi connectivity index (χ2n) is 10.6. The molecule has 202 valence electrons. The number of nitrogens with zero attached hydrogens (tertiary/aromatic N) is 2. The lowest BCUT2D eigenvalue weighted by Crippen LogP contribution is -2.34. The Morgan fingerprint density at radius 3 is 2.00 bits per heavy atom. The molecule has 3 nitrogen and oxygen atoms in total. The zero-order chi connectivity index (χ0) is 28.3. The monoisotopic (exact) mass is 578 g/mol. The Bertz CT molecular complexity index is 2140. The van der Waals surface area contributed by atoms with E-state index in [4.69, 9.17) is 4.98 Å². The average molecular weight is 579 g/mol. The van der Waals surface area contributed by atoms with Gasteiger partial charge in [-0.1, -0.05) is 110 Å². The first-order valence-electron chi connectivity index (χ1n) is 14.2. The number of rotatable bonds is 5. The van der Waals surface area contributed by atoms with Crippen LogP contribution in [0.25, 0.3) is 48.7 Å². The Morgan fingerprint density at radius 1 is 0.667 bits per heavy atom. The molecule has 8 rings (SSSR count). The number of thiophene rings is 1. The molecule has 1 atom stereocenters. The number of fused-ring (bicyclic) bond motifs is 2. The number of para-hydroxylation sites is 1. The normalized spacial score (nSPS) is 15.5. The smallest absolute Gasteiger partial charge is 0.175 e. The van der Waals surface area contributed by atoms with Crippen LogP contribution in [0.2, 0.25) is 0 Å². The van der Waals surface area contributed by atoms with Gasteiger partial charge in [-0.25, -0.2) is 4.98 Å². The van der Waals surface area contributed by atoms with Crippen LogP contribution >= 0.6 is 18.5 Å². The van der Waals surface area contributed by atoms with Gasteiger partial charge in [0.2, 0.25) is 0 Å². The maximum Gasteiger partial charge on any atom is 0.175 e. The minimum absolute atomic E-state index is 0.786. The third-order valence-electron chi connectivity index (χ3n) is 8.22. The van der Waals surface area contributed by atoms with E-state index in [1.54, 1.807) is 11.3 Å². The number of benzene rings is 5. The molecule has 2 aromatic heterocycles. The Kier molecular flexibility index (Phi) is 5.89. The van der Waals surface area contributed by atoms with Crippen molar-refractivity contribution in [3.8, 4) is 37.7 Å². The number of imidazole rings is 1. The van der Waals surface area contributed by atoms with E-state index in [2.05, 4.69) is 90.4 Å². The van der Waals surface area contributed by atoms with E-state index >= 15 is 4.57 Å². The second-order valence-corrected chi connectivity index (χ2v) is 14.3. The summed E-state index contributed by atoms with van der Waals surface area (Å²) >= 11 is 1.80. The SMILES string of the molecule is CCc1nc2ccc(-c3ccc(-c4ccc(-c5ccccc5)s4)cc3)c3c2n1-c1ccccc1P3(=O)c1ccccc1. The molecule has 3 heterocycles. The molecule has 0 fully saturated rings. The van der Waals surface area contributed by atoms with Crippen LogP contribution < -0.4 is 15.9 Å². The van der Waals surface area contributed by atoms with Crippen molar-refractivity contribution in [3.05, 3.63) is 139 Å². The lowest BCUT2D eigenvalue weighted by molar-refractivity contribution is 0.592. The van der Waals surface area contributed by atoms with Crippen LogP contribution in [0.15, 0.2) is 133 Å². The average Bonchev–Trinajstić information content (AvgIpc) is 3.70. The number of hydrogen-bond acceptors (Lipinski definition) is 3. The van der Waals surface area contributed by atoms with Crippen molar-refractivity contribution in [2.45, 2.75) is 13.3 Å². The summed E-state index contributed by atoms with van der Waals surface area (Å²) < 4.78 is 18.0. The fourth-order valence-corrected chi connectivity index (χ4v) is 10.5. The van der Waals surface area contributed by atoms with Crippen LogP contribution in [0.4, 0.5) is 0 Å². The van der Waals surface area contributed by atoms with Gasteiger partial charge in [0, 0.05) is 26.8 Å². The molecule has 0 spiro atoms. The molecule has 1 aliphatic heterocycles. The van der Waals surface area contributed by atoms with Crippen molar-refractivity contribution in [3.63, 3.8) is 0 Å². The third kappa shape index (κ3) is 3.73. The summed E-state index contributed by atoms with van der Waals surface area (Å²) in [5, 5.41) is 2.60. The van der Waals surface area contributed by atoms with Crippen molar-refractivity contribution in [2.75, 3.05) is 0 Å². The summed E-state index contributed by atoms with van der Waals surface area (Å²) in [6.45, 7) is 2.13. The summed E-state index contributed by atoms with van der Waals surface area (Å²) in [5.74, 6) is 0.984. The molecule has 5 aromatic carbocycles. The van der Waals surface area contributed by atoms with Gasteiger partial charge in [0.15, 0.2) is 7.14 Å². The van der Waals surface area contributed by atoms with Gasteiger partial charge in [-0.15, -0.1) is 11.3 Å². The topological polar surface area (TPSA) is 34.9 Å². The molecule has 0 N–H and O–H groups in total. The molecule has 0 saturated carbocycles. The largest absolute Gasteiger partial charge is 0.308 e. The fourth-order valence-electron chi connectivity index (χ4n) is 6.26. The first-order valence-corrected chi connectivity index (χ1v) is 16.8. The van der Waals surface area contributed by atoms with Gasteiger partial charge < -0.3 is 4.57 Å². The van der Waals surface area contributed by atoms with E-state index in [0.29, 0.717) is 0 Å². The summed E-state index contributed by atoms with van der Waals surface area (Å²) in [4.78, 5) is 7.50. The molecular weight excluding hydrogens is 551 g/mol. The molecule has 1 aliphatic rings. The van der Waals surface area contributed by atoms with Crippen LogP contribution in [0, 0.1) is 0 Å². The van der Waals surface area contributed by atoms with Crippen molar-refractivity contribution in [1.82, 2.24) is 9.55 Å². The molecule has 5 heteroatoms. The van der Waals surface area contributed by atoms with Crippen molar-refractivity contribution in [2.24, 2.45) is 0 Å².